The lowest BCUT2D eigenvalue weighted by Gasteiger charge is -2.20. The number of unbranched alkanes of at least 4 members (excludes halogenated alkanes) is 22. The molecular formula is C44H82NO9P. The van der Waals surface area contributed by atoms with Crippen LogP contribution in [0, 0.1) is 0 Å². The second-order valence-electron chi connectivity index (χ2n) is 14.8. The first kappa shape index (κ1) is 53.2. The van der Waals surface area contributed by atoms with Crippen molar-refractivity contribution in [2.75, 3.05) is 26.4 Å². The highest BCUT2D eigenvalue weighted by Gasteiger charge is 2.27. The largest absolute Gasteiger partial charge is 0.480 e. The van der Waals surface area contributed by atoms with E-state index in [1.54, 1.807) is 0 Å². The molecule has 322 valence electrons. The molecule has 0 aromatic heterocycles. The number of aliphatic carboxylic acids is 1. The minimum Gasteiger partial charge on any atom is -0.480 e. The fourth-order valence-corrected chi connectivity index (χ4v) is 6.81. The van der Waals surface area contributed by atoms with Crippen molar-refractivity contribution in [2.24, 2.45) is 5.73 Å². The summed E-state index contributed by atoms with van der Waals surface area (Å²) < 4.78 is 33.3. The van der Waals surface area contributed by atoms with Crippen molar-refractivity contribution in [1.82, 2.24) is 0 Å². The third-order valence-corrected chi connectivity index (χ3v) is 10.4. The maximum atomic E-state index is 12.6. The van der Waals surface area contributed by atoms with Gasteiger partial charge in [-0.15, -0.1) is 0 Å². The fourth-order valence-electron chi connectivity index (χ4n) is 6.03. The number of ether oxygens (including phenoxy) is 2. The van der Waals surface area contributed by atoms with E-state index in [0.29, 0.717) is 13.0 Å². The molecule has 55 heavy (non-hydrogen) atoms. The number of hydrogen-bond donors (Lipinski definition) is 3. The molecule has 0 heterocycles. The number of rotatable bonds is 42. The van der Waals surface area contributed by atoms with Gasteiger partial charge in [-0.2, -0.15) is 0 Å². The van der Waals surface area contributed by atoms with Crippen LogP contribution in [0.2, 0.25) is 0 Å². The zero-order chi connectivity index (χ0) is 40.5. The van der Waals surface area contributed by atoms with Gasteiger partial charge < -0.3 is 25.2 Å². The first-order valence-corrected chi connectivity index (χ1v) is 23.5. The zero-order valence-electron chi connectivity index (χ0n) is 35.0. The lowest BCUT2D eigenvalue weighted by molar-refractivity contribution is -0.154. The van der Waals surface area contributed by atoms with Crippen LogP contribution in [0.1, 0.15) is 194 Å². The summed E-state index contributed by atoms with van der Waals surface area (Å²) in [7, 11) is -4.62. The van der Waals surface area contributed by atoms with Gasteiger partial charge in [-0.25, -0.2) is 4.57 Å². The van der Waals surface area contributed by atoms with Gasteiger partial charge in [0.2, 0.25) is 0 Å². The van der Waals surface area contributed by atoms with Crippen LogP contribution in [0.4, 0.5) is 0 Å². The molecule has 0 radical (unpaired) electrons. The predicted molar refractivity (Wildman–Crippen MR) is 226 cm³/mol. The normalized spacial score (nSPS) is 14.3. The number of carboxylic acids is 1. The molecule has 0 spiro atoms. The minimum absolute atomic E-state index is 0.00758. The summed E-state index contributed by atoms with van der Waals surface area (Å²) in [4.78, 5) is 33.5. The smallest absolute Gasteiger partial charge is 0.472 e. The zero-order valence-corrected chi connectivity index (χ0v) is 35.9. The molecule has 10 nitrogen and oxygen atoms in total. The monoisotopic (exact) mass is 800 g/mol. The summed E-state index contributed by atoms with van der Waals surface area (Å²) in [5.74, 6) is -1.81. The fraction of sp³-hybridized carbons (Fsp3) is 0.818. The van der Waals surface area contributed by atoms with Gasteiger partial charge in [-0.1, -0.05) is 179 Å². The summed E-state index contributed by atoms with van der Waals surface area (Å²) in [6.07, 6.45) is 44.9. The van der Waals surface area contributed by atoms with Crippen molar-refractivity contribution in [1.29, 1.82) is 0 Å². The number of esters is 1. The van der Waals surface area contributed by atoms with Crippen molar-refractivity contribution in [3.05, 3.63) is 36.5 Å². The molecule has 0 aliphatic heterocycles. The number of hydrogen-bond acceptors (Lipinski definition) is 8. The number of allylic oxidation sites excluding steroid dienone is 6. The second kappa shape index (κ2) is 40.4. The molecule has 0 saturated heterocycles. The maximum absolute atomic E-state index is 12.6. The van der Waals surface area contributed by atoms with E-state index in [4.69, 9.17) is 29.4 Å². The molecule has 11 heteroatoms. The quantitative estimate of drug-likeness (QED) is 0.0235. The number of nitrogens with two attached hydrogens (primary N) is 1. The van der Waals surface area contributed by atoms with E-state index in [1.807, 2.05) is 0 Å². The van der Waals surface area contributed by atoms with Gasteiger partial charge in [0.25, 0.3) is 0 Å². The van der Waals surface area contributed by atoms with Crippen molar-refractivity contribution in [3.8, 4) is 0 Å². The van der Waals surface area contributed by atoms with Crippen LogP contribution in [0.15, 0.2) is 36.5 Å². The van der Waals surface area contributed by atoms with Crippen molar-refractivity contribution >= 4 is 19.8 Å². The van der Waals surface area contributed by atoms with Gasteiger partial charge in [0.05, 0.1) is 19.8 Å². The molecule has 0 rings (SSSR count). The molecule has 0 saturated carbocycles. The van der Waals surface area contributed by atoms with Gasteiger partial charge in [0.1, 0.15) is 12.1 Å². The molecule has 0 aliphatic carbocycles. The molecule has 0 aliphatic rings. The van der Waals surface area contributed by atoms with Crippen molar-refractivity contribution in [3.63, 3.8) is 0 Å². The summed E-state index contributed by atoms with van der Waals surface area (Å²) in [5.41, 5.74) is 5.35. The molecule has 4 N–H and O–H groups in total. The van der Waals surface area contributed by atoms with Crippen molar-refractivity contribution < 1.29 is 42.7 Å². The number of phosphoric acid groups is 1. The van der Waals surface area contributed by atoms with Crippen LogP contribution in [0.3, 0.4) is 0 Å². The van der Waals surface area contributed by atoms with E-state index in [9.17, 15) is 19.0 Å². The minimum atomic E-state index is -4.62. The maximum Gasteiger partial charge on any atom is 0.472 e. The van der Waals surface area contributed by atoms with E-state index >= 15 is 0 Å². The Morgan fingerprint density at radius 2 is 1.05 bits per heavy atom. The standard InChI is InChI=1S/C44H82NO9P/c1-3-5-7-9-11-13-15-17-18-19-20-21-22-23-25-27-29-31-33-35-37-51-38-41(39-52-55(49,50)53-40-42(45)44(47)48)54-43(46)36-34-32-30-28-26-24-16-14-12-10-8-6-4-2/h6,8,12,14,24,26,41-42H,3-5,7,9-11,13,15-23,25,27-40,45H2,1-2H3,(H,47,48)(H,49,50)/b8-6-,14-12-,26-24-. The van der Waals surface area contributed by atoms with Gasteiger partial charge >= 0.3 is 19.8 Å². The van der Waals surface area contributed by atoms with Gasteiger partial charge in [0.15, 0.2) is 0 Å². The third kappa shape index (κ3) is 40.2. The molecule has 0 amide bonds. The summed E-state index contributed by atoms with van der Waals surface area (Å²) in [5, 5.41) is 8.89. The van der Waals surface area contributed by atoms with E-state index in [1.165, 1.54) is 109 Å². The van der Waals surface area contributed by atoms with Crippen LogP contribution in [0.25, 0.3) is 0 Å². The van der Waals surface area contributed by atoms with Crippen LogP contribution in [-0.2, 0) is 32.7 Å². The van der Waals surface area contributed by atoms with Gasteiger partial charge in [-0.3, -0.25) is 18.6 Å². The van der Waals surface area contributed by atoms with Crippen molar-refractivity contribution in [2.45, 2.75) is 206 Å². The Bertz CT molecular complexity index is 1020. The molecule has 0 aromatic carbocycles. The Kier molecular flexibility index (Phi) is 39.1. The summed E-state index contributed by atoms with van der Waals surface area (Å²) in [6, 6.07) is -1.48. The number of phosphoric ester groups is 1. The lowest BCUT2D eigenvalue weighted by atomic mass is 10.0. The third-order valence-electron chi connectivity index (χ3n) is 9.43. The number of carbonyl (C=O) groups is 2. The Morgan fingerprint density at radius 1 is 0.600 bits per heavy atom. The Labute approximate surface area is 336 Å². The van der Waals surface area contributed by atoms with E-state index in [0.717, 1.165) is 57.8 Å². The van der Waals surface area contributed by atoms with Crippen LogP contribution in [-0.4, -0.2) is 60.5 Å². The lowest BCUT2D eigenvalue weighted by Crippen LogP contribution is -2.34. The van der Waals surface area contributed by atoms with E-state index in [-0.39, 0.29) is 13.0 Å². The Morgan fingerprint density at radius 3 is 1.56 bits per heavy atom. The highest BCUT2D eigenvalue weighted by molar-refractivity contribution is 7.47. The number of carbonyl (C=O) groups excluding carboxylic acids is 1. The first-order chi connectivity index (χ1) is 26.7. The molecule has 0 aromatic rings. The van der Waals surface area contributed by atoms with Crippen LogP contribution in [0.5, 0.6) is 0 Å². The number of carboxylic acid groups (broad SMARTS) is 1. The average Bonchev–Trinajstić information content (AvgIpc) is 3.16. The topological polar surface area (TPSA) is 155 Å². The summed E-state index contributed by atoms with van der Waals surface area (Å²) in [6.45, 7) is 3.75. The molecule has 3 atom stereocenters. The van der Waals surface area contributed by atoms with Crippen LogP contribution < -0.4 is 5.73 Å². The highest BCUT2D eigenvalue weighted by Crippen LogP contribution is 2.43. The van der Waals surface area contributed by atoms with Gasteiger partial charge in [-0.05, 0) is 44.9 Å². The second-order valence-corrected chi connectivity index (χ2v) is 16.3. The molecule has 0 bridgehead atoms. The molecule has 3 unspecified atom stereocenters. The van der Waals surface area contributed by atoms with E-state index in [2.05, 4.69) is 50.3 Å². The predicted octanol–water partition coefficient (Wildman–Crippen LogP) is 12.1. The van der Waals surface area contributed by atoms with Crippen LogP contribution >= 0.6 is 7.82 Å². The Balaban J connectivity index is 4.18. The highest BCUT2D eigenvalue weighted by atomic mass is 31.2. The average molecular weight is 800 g/mol. The Hall–Kier alpha value is -1.81. The van der Waals surface area contributed by atoms with Gasteiger partial charge in [0, 0.05) is 13.0 Å². The summed E-state index contributed by atoms with van der Waals surface area (Å²) >= 11 is 0. The first-order valence-electron chi connectivity index (χ1n) is 22.0. The molecular weight excluding hydrogens is 717 g/mol. The SMILES string of the molecule is CC/C=C\C/C=C\C/C=C\CCCCCC(=O)OC(COCCCCCCCCCCCCCCCCCCCCCC)COP(=O)(O)OCC(N)C(=O)O. The van der Waals surface area contributed by atoms with E-state index < -0.39 is 45.1 Å². The molecule has 0 fully saturated rings.